The minimum absolute atomic E-state index is 0.187. The van der Waals surface area contributed by atoms with Gasteiger partial charge in [-0.3, -0.25) is 0 Å². The van der Waals surface area contributed by atoms with E-state index in [9.17, 15) is 18.0 Å². The Morgan fingerprint density at radius 1 is 1.24 bits per heavy atom. The minimum atomic E-state index is -5.00. The van der Waals surface area contributed by atoms with Gasteiger partial charge in [-0.25, -0.2) is 9.86 Å². The molecule has 0 bridgehead atoms. The van der Waals surface area contributed by atoms with Gasteiger partial charge < -0.3 is 10.2 Å². The topological polar surface area (TPSA) is 41.6 Å². The molecule has 0 saturated carbocycles. The standard InChI is InChI=1S/C14H17F3N2O2/c15-14(16,17)13(20)21-19(12-4-2-1-3-5-12)10-11-6-8-18-9-7-11/h1-5,11,18H,6-10H2. The summed E-state index contributed by atoms with van der Waals surface area (Å²) in [5, 5.41) is 4.23. The lowest BCUT2D eigenvalue weighted by molar-refractivity contribution is -0.201. The third-order valence-corrected chi connectivity index (χ3v) is 3.35. The summed E-state index contributed by atoms with van der Waals surface area (Å²) in [6, 6.07) is 8.35. The number of para-hydroxylation sites is 1. The number of hydrogen-bond donors (Lipinski definition) is 1. The second kappa shape index (κ2) is 6.80. The van der Waals surface area contributed by atoms with E-state index in [1.807, 2.05) is 0 Å². The zero-order valence-electron chi connectivity index (χ0n) is 11.4. The molecule has 4 nitrogen and oxygen atoms in total. The first kappa shape index (κ1) is 15.6. The Labute approximate surface area is 120 Å². The molecule has 0 unspecified atom stereocenters. The number of anilines is 1. The van der Waals surface area contributed by atoms with Crippen molar-refractivity contribution < 1.29 is 22.8 Å². The highest BCUT2D eigenvalue weighted by molar-refractivity contribution is 5.76. The van der Waals surface area contributed by atoms with Crippen LogP contribution in [0.1, 0.15) is 12.8 Å². The van der Waals surface area contributed by atoms with Crippen LogP contribution in [0.5, 0.6) is 0 Å². The van der Waals surface area contributed by atoms with Gasteiger partial charge in [0.15, 0.2) is 0 Å². The number of rotatable bonds is 4. The molecule has 0 radical (unpaired) electrons. The Kier molecular flexibility index (Phi) is 5.06. The smallest absolute Gasteiger partial charge is 0.332 e. The van der Waals surface area contributed by atoms with Crippen molar-refractivity contribution in [2.24, 2.45) is 5.92 Å². The van der Waals surface area contributed by atoms with Crippen LogP contribution in [0.3, 0.4) is 0 Å². The number of halogens is 3. The van der Waals surface area contributed by atoms with Crippen LogP contribution in [0.15, 0.2) is 30.3 Å². The van der Waals surface area contributed by atoms with Gasteiger partial charge in [0.25, 0.3) is 0 Å². The number of piperidine rings is 1. The lowest BCUT2D eigenvalue weighted by Crippen LogP contribution is -2.40. The Morgan fingerprint density at radius 2 is 1.86 bits per heavy atom. The van der Waals surface area contributed by atoms with Gasteiger partial charge in [0, 0.05) is 0 Å². The van der Waals surface area contributed by atoms with Crippen molar-refractivity contribution >= 4 is 11.7 Å². The number of hydrogen-bond acceptors (Lipinski definition) is 4. The molecule has 1 heterocycles. The van der Waals surface area contributed by atoms with Crippen LogP contribution in [0.4, 0.5) is 18.9 Å². The summed E-state index contributed by atoms with van der Waals surface area (Å²) >= 11 is 0. The summed E-state index contributed by atoms with van der Waals surface area (Å²) in [5.74, 6) is -2.01. The number of carbonyl (C=O) groups is 1. The van der Waals surface area contributed by atoms with Crippen molar-refractivity contribution in [3.63, 3.8) is 0 Å². The van der Waals surface area contributed by atoms with E-state index in [1.54, 1.807) is 30.3 Å². The quantitative estimate of drug-likeness (QED) is 0.868. The van der Waals surface area contributed by atoms with Crippen LogP contribution >= 0.6 is 0 Å². The van der Waals surface area contributed by atoms with E-state index in [1.165, 1.54) is 0 Å². The third kappa shape index (κ3) is 4.63. The zero-order valence-corrected chi connectivity index (χ0v) is 11.4. The molecule has 1 fully saturated rings. The molecular weight excluding hydrogens is 285 g/mol. The second-order valence-corrected chi connectivity index (χ2v) is 4.97. The fourth-order valence-electron chi connectivity index (χ4n) is 2.24. The summed E-state index contributed by atoms with van der Waals surface area (Å²) in [5.41, 5.74) is 0.439. The number of carbonyl (C=O) groups excluding carboxylic acids is 1. The van der Waals surface area contributed by atoms with Crippen LogP contribution in [0.2, 0.25) is 0 Å². The van der Waals surface area contributed by atoms with E-state index in [-0.39, 0.29) is 12.5 Å². The van der Waals surface area contributed by atoms with Gasteiger partial charge in [-0.15, -0.1) is 0 Å². The maximum Gasteiger partial charge on any atom is 0.493 e. The molecular formula is C14H17F3N2O2. The van der Waals surface area contributed by atoms with Crippen LogP contribution < -0.4 is 10.4 Å². The van der Waals surface area contributed by atoms with Gasteiger partial charge in [-0.05, 0) is 44.0 Å². The fraction of sp³-hybridized carbons (Fsp3) is 0.500. The lowest BCUT2D eigenvalue weighted by atomic mass is 9.98. The summed E-state index contributed by atoms with van der Waals surface area (Å²) in [4.78, 5) is 15.6. The molecule has 1 aliphatic rings. The van der Waals surface area contributed by atoms with Crippen LogP contribution in [-0.2, 0) is 9.63 Å². The third-order valence-electron chi connectivity index (χ3n) is 3.35. The molecule has 0 spiro atoms. The van der Waals surface area contributed by atoms with Crippen LogP contribution in [0, 0.1) is 5.92 Å². The normalized spacial score (nSPS) is 16.5. The fourth-order valence-corrected chi connectivity index (χ4v) is 2.24. The SMILES string of the molecule is O=C(ON(CC1CCNCC1)c1ccccc1)C(F)(F)F. The molecule has 1 N–H and O–H groups in total. The molecule has 0 aliphatic carbocycles. The monoisotopic (exact) mass is 302 g/mol. The van der Waals surface area contributed by atoms with E-state index >= 15 is 0 Å². The van der Waals surface area contributed by atoms with Crippen molar-refractivity contribution in [2.75, 3.05) is 24.7 Å². The zero-order chi connectivity index (χ0) is 15.3. The van der Waals surface area contributed by atoms with Crippen LogP contribution in [0.25, 0.3) is 0 Å². The lowest BCUT2D eigenvalue weighted by Gasteiger charge is -2.30. The average Bonchev–Trinajstić information content (AvgIpc) is 2.47. The predicted molar refractivity (Wildman–Crippen MR) is 71.5 cm³/mol. The molecule has 7 heteroatoms. The Balaban J connectivity index is 2.08. The first-order chi connectivity index (χ1) is 9.97. The molecule has 0 atom stereocenters. The summed E-state index contributed by atoms with van der Waals surface area (Å²) in [6.07, 6.45) is -3.32. The second-order valence-electron chi connectivity index (χ2n) is 4.97. The highest BCUT2D eigenvalue weighted by atomic mass is 19.4. The number of alkyl halides is 3. The Morgan fingerprint density at radius 3 is 2.43 bits per heavy atom. The highest BCUT2D eigenvalue weighted by Crippen LogP contribution is 2.23. The number of benzene rings is 1. The van der Waals surface area contributed by atoms with Gasteiger partial charge in [-0.2, -0.15) is 13.2 Å². The number of nitrogens with one attached hydrogen (secondary N) is 1. The maximum absolute atomic E-state index is 12.4. The maximum atomic E-state index is 12.4. The molecule has 0 aromatic heterocycles. The number of nitrogens with zero attached hydrogens (tertiary/aromatic N) is 1. The van der Waals surface area contributed by atoms with Crippen molar-refractivity contribution in [2.45, 2.75) is 19.0 Å². The van der Waals surface area contributed by atoms with Crippen LogP contribution in [-0.4, -0.2) is 31.8 Å². The molecule has 21 heavy (non-hydrogen) atoms. The molecule has 1 aromatic carbocycles. The van der Waals surface area contributed by atoms with E-state index in [4.69, 9.17) is 0 Å². The molecule has 0 amide bonds. The van der Waals surface area contributed by atoms with E-state index < -0.39 is 12.1 Å². The Bertz CT molecular complexity index is 459. The van der Waals surface area contributed by atoms with Gasteiger partial charge >= 0.3 is 12.1 Å². The molecule has 2 rings (SSSR count). The molecule has 116 valence electrons. The molecule has 1 saturated heterocycles. The van der Waals surface area contributed by atoms with E-state index in [0.717, 1.165) is 31.0 Å². The summed E-state index contributed by atoms with van der Waals surface area (Å²) in [7, 11) is 0. The summed E-state index contributed by atoms with van der Waals surface area (Å²) in [6.45, 7) is 1.90. The van der Waals surface area contributed by atoms with Gasteiger partial charge in [-0.1, -0.05) is 18.2 Å². The predicted octanol–water partition coefficient (Wildman–Crippen LogP) is 2.51. The van der Waals surface area contributed by atoms with E-state index in [0.29, 0.717) is 5.69 Å². The largest absolute Gasteiger partial charge is 0.493 e. The minimum Gasteiger partial charge on any atom is -0.332 e. The van der Waals surface area contributed by atoms with Gasteiger partial charge in [0.05, 0.1) is 12.2 Å². The highest BCUT2D eigenvalue weighted by Gasteiger charge is 2.43. The van der Waals surface area contributed by atoms with E-state index in [2.05, 4.69) is 10.2 Å². The first-order valence-electron chi connectivity index (χ1n) is 6.79. The van der Waals surface area contributed by atoms with Crippen molar-refractivity contribution in [3.8, 4) is 0 Å². The molecule has 1 aromatic rings. The summed E-state index contributed by atoms with van der Waals surface area (Å²) < 4.78 is 37.2. The Hall–Kier alpha value is -1.76. The molecule has 1 aliphatic heterocycles. The van der Waals surface area contributed by atoms with Gasteiger partial charge in [0.2, 0.25) is 0 Å². The number of hydroxylamine groups is 1. The van der Waals surface area contributed by atoms with Crippen molar-refractivity contribution in [1.29, 1.82) is 0 Å². The van der Waals surface area contributed by atoms with Crippen molar-refractivity contribution in [1.82, 2.24) is 5.32 Å². The first-order valence-corrected chi connectivity index (χ1v) is 6.79. The average molecular weight is 302 g/mol. The van der Waals surface area contributed by atoms with Gasteiger partial charge in [0.1, 0.15) is 0 Å². The van der Waals surface area contributed by atoms with Crippen molar-refractivity contribution in [3.05, 3.63) is 30.3 Å².